The van der Waals surface area contributed by atoms with Gasteiger partial charge in [-0.3, -0.25) is 14.4 Å². The van der Waals surface area contributed by atoms with Crippen LogP contribution in [-0.2, 0) is 35.0 Å². The van der Waals surface area contributed by atoms with E-state index in [0.29, 0.717) is 5.56 Å². The highest BCUT2D eigenvalue weighted by Crippen LogP contribution is 2.33. The van der Waals surface area contributed by atoms with Gasteiger partial charge in [0.05, 0.1) is 10.8 Å². The highest BCUT2D eigenvalue weighted by molar-refractivity contribution is 5.81. The monoisotopic (exact) mass is 537 g/mol. The number of esters is 3. The Balaban J connectivity index is 2.87. The van der Waals surface area contributed by atoms with Crippen molar-refractivity contribution in [3.63, 3.8) is 0 Å². The molecule has 0 saturated heterocycles. The Morgan fingerprint density at radius 1 is 0.816 bits per heavy atom. The third-order valence-electron chi connectivity index (χ3n) is 5.38. The van der Waals surface area contributed by atoms with Crippen LogP contribution in [0.2, 0.25) is 0 Å². The van der Waals surface area contributed by atoms with Crippen LogP contribution in [0.3, 0.4) is 0 Å². The Labute approximate surface area is 225 Å². The minimum Gasteiger partial charge on any atom is -0.461 e. The Bertz CT molecular complexity index is 989. The van der Waals surface area contributed by atoms with Crippen LogP contribution in [0.4, 0.5) is 4.79 Å². The third-order valence-corrected chi connectivity index (χ3v) is 5.38. The summed E-state index contributed by atoms with van der Waals surface area (Å²) in [7, 11) is 0. The van der Waals surface area contributed by atoms with Gasteiger partial charge in [0.2, 0.25) is 0 Å². The fourth-order valence-corrected chi connectivity index (χ4v) is 2.51. The Morgan fingerprint density at radius 2 is 1.34 bits per heavy atom. The number of carbonyl (C=O) groups is 4. The summed E-state index contributed by atoms with van der Waals surface area (Å²) in [5.74, 6) is -1.49. The fraction of sp³-hybridized carbons (Fsp3) is 0.643. The maximum absolute atomic E-state index is 12.5. The van der Waals surface area contributed by atoms with Crippen LogP contribution in [0.15, 0.2) is 18.2 Å². The van der Waals surface area contributed by atoms with Crippen molar-refractivity contribution in [1.29, 1.82) is 0 Å². The summed E-state index contributed by atoms with van der Waals surface area (Å²) in [5, 5.41) is 0. The summed E-state index contributed by atoms with van der Waals surface area (Å²) in [5.41, 5.74) is 5.00. The topological polar surface area (TPSA) is 140 Å². The van der Waals surface area contributed by atoms with Crippen LogP contribution < -0.4 is 15.2 Å². The lowest BCUT2D eigenvalue weighted by molar-refractivity contribution is -0.148. The van der Waals surface area contributed by atoms with E-state index in [-0.39, 0.29) is 36.5 Å². The molecule has 0 aromatic heterocycles. The van der Waals surface area contributed by atoms with Gasteiger partial charge in [-0.1, -0.05) is 19.9 Å². The van der Waals surface area contributed by atoms with Gasteiger partial charge in [0, 0.05) is 0 Å². The molecule has 38 heavy (non-hydrogen) atoms. The van der Waals surface area contributed by atoms with Crippen LogP contribution in [-0.4, -0.2) is 48.9 Å². The molecule has 0 fully saturated rings. The molecule has 0 radical (unpaired) electrons. The van der Waals surface area contributed by atoms with Crippen LogP contribution in [0.5, 0.6) is 11.5 Å². The van der Waals surface area contributed by atoms with Crippen LogP contribution in [0, 0.1) is 16.7 Å². The fourth-order valence-electron chi connectivity index (χ4n) is 2.51. The van der Waals surface area contributed by atoms with Crippen LogP contribution in [0.1, 0.15) is 74.8 Å². The molecule has 1 rings (SSSR count). The van der Waals surface area contributed by atoms with E-state index < -0.39 is 47.0 Å². The second kappa shape index (κ2) is 13.6. The molecular formula is C28H43NO9. The van der Waals surface area contributed by atoms with Crippen LogP contribution in [0.25, 0.3) is 0 Å². The lowest BCUT2D eigenvalue weighted by Crippen LogP contribution is -2.36. The van der Waals surface area contributed by atoms with Crippen LogP contribution >= 0.6 is 0 Å². The third kappa shape index (κ3) is 11.1. The SMILES string of the molecule is CC(C)C(C)OC(=O)O[C@@H](C)COC(=O)[C@@H](N)Cc1ccc(OC(=O)C(C)(C)C)c(OC(=O)C(C)(C)C)c1. The molecule has 214 valence electrons. The van der Waals surface area contributed by atoms with E-state index in [1.807, 2.05) is 13.8 Å². The zero-order valence-electron chi connectivity index (χ0n) is 24.2. The standard InChI is InChI=1S/C28H43NO9/c1-16(2)18(4)36-26(33)35-17(3)15-34-23(30)20(29)13-19-11-12-21(37-24(31)27(5,6)7)22(14-19)38-25(32)28(8,9)10/h11-12,14,16-18,20H,13,15,29H2,1-10H3/t17-,18?,20-/m0/s1. The first-order chi connectivity index (χ1) is 17.3. The molecule has 10 heteroatoms. The van der Waals surface area contributed by atoms with Crippen molar-refractivity contribution >= 4 is 24.1 Å². The van der Waals surface area contributed by atoms with E-state index in [0.717, 1.165) is 0 Å². The smallest absolute Gasteiger partial charge is 0.461 e. The summed E-state index contributed by atoms with van der Waals surface area (Å²) in [6.07, 6.45) is -1.85. The van der Waals surface area contributed by atoms with E-state index >= 15 is 0 Å². The molecule has 0 aliphatic rings. The summed E-state index contributed by atoms with van der Waals surface area (Å²) in [6, 6.07) is 3.55. The highest BCUT2D eigenvalue weighted by Gasteiger charge is 2.29. The molecule has 1 aromatic rings. The number of benzene rings is 1. The first-order valence-electron chi connectivity index (χ1n) is 12.7. The summed E-state index contributed by atoms with van der Waals surface area (Å²) in [4.78, 5) is 49.2. The Hall–Kier alpha value is -3.14. The average Bonchev–Trinajstić information content (AvgIpc) is 2.77. The van der Waals surface area contributed by atoms with Crippen molar-refractivity contribution in [2.75, 3.05) is 6.61 Å². The van der Waals surface area contributed by atoms with E-state index in [2.05, 4.69) is 0 Å². The molecule has 2 N–H and O–H groups in total. The quantitative estimate of drug-likeness (QED) is 0.333. The molecule has 0 amide bonds. The van der Waals surface area contributed by atoms with Crippen molar-refractivity contribution < 1.29 is 42.9 Å². The molecule has 0 bridgehead atoms. The van der Waals surface area contributed by atoms with E-state index in [1.54, 1.807) is 61.5 Å². The number of ether oxygens (including phenoxy) is 5. The van der Waals surface area contributed by atoms with Gasteiger partial charge in [-0.2, -0.15) is 0 Å². The zero-order valence-corrected chi connectivity index (χ0v) is 24.2. The summed E-state index contributed by atoms with van der Waals surface area (Å²) < 4.78 is 26.4. The molecule has 1 unspecified atom stereocenters. The lowest BCUT2D eigenvalue weighted by atomic mass is 9.97. The average molecular weight is 538 g/mol. The molecule has 10 nitrogen and oxygen atoms in total. The second-order valence-electron chi connectivity index (χ2n) is 11.7. The first-order valence-corrected chi connectivity index (χ1v) is 12.7. The van der Waals surface area contributed by atoms with Crippen molar-refractivity contribution in [2.45, 2.75) is 93.9 Å². The van der Waals surface area contributed by atoms with E-state index in [1.165, 1.54) is 12.1 Å². The molecule has 0 spiro atoms. The Kier molecular flexibility index (Phi) is 11.8. The molecular weight excluding hydrogens is 494 g/mol. The normalized spacial score (nSPS) is 14.2. The molecule has 0 aliphatic carbocycles. The minimum absolute atomic E-state index is 0.0387. The van der Waals surface area contributed by atoms with Gasteiger partial charge in [0.1, 0.15) is 24.9 Å². The molecule has 0 aliphatic heterocycles. The van der Waals surface area contributed by atoms with Crippen molar-refractivity contribution in [3.05, 3.63) is 23.8 Å². The summed E-state index contributed by atoms with van der Waals surface area (Å²) in [6.45, 7) is 17.1. The highest BCUT2D eigenvalue weighted by atomic mass is 16.7. The maximum atomic E-state index is 12.5. The molecule has 3 atom stereocenters. The Morgan fingerprint density at radius 3 is 1.84 bits per heavy atom. The number of hydrogen-bond acceptors (Lipinski definition) is 10. The minimum atomic E-state index is -1.05. The second-order valence-corrected chi connectivity index (χ2v) is 11.7. The zero-order chi connectivity index (χ0) is 29.4. The van der Waals surface area contributed by atoms with Crippen molar-refractivity contribution in [1.82, 2.24) is 0 Å². The van der Waals surface area contributed by atoms with E-state index in [9.17, 15) is 19.2 Å². The maximum Gasteiger partial charge on any atom is 0.508 e. The van der Waals surface area contributed by atoms with Gasteiger partial charge in [-0.05, 0) is 85.4 Å². The van der Waals surface area contributed by atoms with Crippen molar-refractivity contribution in [2.24, 2.45) is 22.5 Å². The van der Waals surface area contributed by atoms with Gasteiger partial charge in [-0.15, -0.1) is 0 Å². The summed E-state index contributed by atoms with van der Waals surface area (Å²) >= 11 is 0. The van der Waals surface area contributed by atoms with Gasteiger partial charge in [-0.25, -0.2) is 4.79 Å². The molecule has 0 heterocycles. The van der Waals surface area contributed by atoms with Gasteiger partial charge >= 0.3 is 24.1 Å². The first kappa shape index (κ1) is 32.9. The largest absolute Gasteiger partial charge is 0.508 e. The lowest BCUT2D eigenvalue weighted by Gasteiger charge is -2.21. The predicted molar refractivity (Wildman–Crippen MR) is 141 cm³/mol. The predicted octanol–water partition coefficient (Wildman–Crippen LogP) is 4.59. The number of carbonyl (C=O) groups excluding carboxylic acids is 4. The number of rotatable bonds is 10. The van der Waals surface area contributed by atoms with Gasteiger partial charge in [0.25, 0.3) is 0 Å². The van der Waals surface area contributed by atoms with Gasteiger partial charge < -0.3 is 29.4 Å². The molecule has 1 aromatic carbocycles. The number of nitrogens with two attached hydrogens (primary N) is 1. The van der Waals surface area contributed by atoms with E-state index in [4.69, 9.17) is 29.4 Å². The van der Waals surface area contributed by atoms with Crippen molar-refractivity contribution in [3.8, 4) is 11.5 Å². The van der Waals surface area contributed by atoms with Gasteiger partial charge in [0.15, 0.2) is 11.5 Å². The molecule has 0 saturated carbocycles. The number of hydrogen-bond donors (Lipinski definition) is 1.